The van der Waals surface area contributed by atoms with Gasteiger partial charge in [0.25, 0.3) is 0 Å². The SMILES string of the molecule is CC(=O)NC(C)[C@H]1CC[C@H]2[C@@H]3CC=C4C[C@@H](C(CCCCCI)OC(CCCCCI)[C@H]5CC[C@@]6(C)C(=CC[C@H]7[C@@H]8CC[C@H](C(C)NC(C)=O)[C@@]8(C)CC[C@@H]76)C5)CC[C@]4(C)[C@H]3CC[C@]12C. The highest BCUT2D eigenvalue weighted by Gasteiger charge is 2.61. The Kier molecular flexibility index (Phi) is 16.8. The molecule has 5 nitrogen and oxygen atoms in total. The van der Waals surface area contributed by atoms with E-state index >= 15 is 0 Å². The number of halogens is 2. The third-order valence-corrected chi connectivity index (χ3v) is 23.7. The quantitative estimate of drug-likeness (QED) is 0.0622. The minimum absolute atomic E-state index is 0.130. The molecule has 8 aliphatic carbocycles. The van der Waals surface area contributed by atoms with E-state index in [1.807, 2.05) is 11.1 Å². The van der Waals surface area contributed by atoms with Crippen LogP contribution in [0.25, 0.3) is 0 Å². The molecule has 18 atom stereocenters. The minimum Gasteiger partial charge on any atom is -0.374 e. The zero-order chi connectivity index (χ0) is 46.3. The second-order valence-electron chi connectivity index (χ2n) is 25.2. The monoisotopic (exact) mass is 1120 g/mol. The predicted octanol–water partition coefficient (Wildman–Crippen LogP) is 15.2. The normalized spacial score (nSPS) is 42.6. The molecule has 8 rings (SSSR count). The predicted molar refractivity (Wildman–Crippen MR) is 287 cm³/mol. The Bertz CT molecular complexity index is 1610. The van der Waals surface area contributed by atoms with Crippen molar-refractivity contribution in [2.75, 3.05) is 8.86 Å². The second-order valence-corrected chi connectivity index (χ2v) is 27.4. The van der Waals surface area contributed by atoms with Gasteiger partial charge in [-0.3, -0.25) is 9.59 Å². The summed E-state index contributed by atoms with van der Waals surface area (Å²) in [6.45, 7) is 18.6. The lowest BCUT2D eigenvalue weighted by Gasteiger charge is -2.59. The lowest BCUT2D eigenvalue weighted by molar-refractivity contribution is -0.121. The Morgan fingerprint density at radius 3 is 1.38 bits per heavy atom. The summed E-state index contributed by atoms with van der Waals surface area (Å²) in [5, 5.41) is 6.64. The zero-order valence-electron chi connectivity index (χ0n) is 42.6. The minimum atomic E-state index is 0.130. The summed E-state index contributed by atoms with van der Waals surface area (Å²) < 4.78 is 10.4. The Balaban J connectivity index is 0.977. The van der Waals surface area contributed by atoms with Gasteiger partial charge in [0.05, 0.1) is 12.2 Å². The average molecular weight is 1120 g/mol. The van der Waals surface area contributed by atoms with Crippen LogP contribution < -0.4 is 10.6 Å². The second kappa shape index (κ2) is 21.3. The third-order valence-electron chi connectivity index (χ3n) is 22.1. The van der Waals surface area contributed by atoms with Crippen molar-refractivity contribution in [3.05, 3.63) is 23.3 Å². The molecule has 368 valence electrons. The van der Waals surface area contributed by atoms with E-state index in [9.17, 15) is 9.59 Å². The summed E-state index contributed by atoms with van der Waals surface area (Å²) in [6, 6.07) is 0.547. The maximum Gasteiger partial charge on any atom is 0.217 e. The van der Waals surface area contributed by atoms with Gasteiger partial charge >= 0.3 is 0 Å². The van der Waals surface area contributed by atoms with Crippen LogP contribution in [0.15, 0.2) is 23.3 Å². The third kappa shape index (κ3) is 10.1. The molecule has 0 heterocycles. The van der Waals surface area contributed by atoms with Crippen LogP contribution in [-0.4, -0.2) is 45.0 Å². The summed E-state index contributed by atoms with van der Waals surface area (Å²) >= 11 is 5.16. The van der Waals surface area contributed by atoms with E-state index in [-0.39, 0.29) is 23.9 Å². The highest BCUT2D eigenvalue weighted by Crippen LogP contribution is 2.69. The highest BCUT2D eigenvalue weighted by molar-refractivity contribution is 14.1. The van der Waals surface area contributed by atoms with Gasteiger partial charge in [-0.1, -0.05) is 122 Å². The fourth-order valence-electron chi connectivity index (χ4n) is 18.9. The largest absolute Gasteiger partial charge is 0.374 e. The van der Waals surface area contributed by atoms with E-state index in [4.69, 9.17) is 4.74 Å². The molecule has 0 aromatic rings. The molecule has 0 spiro atoms. The fraction of sp³-hybridized carbons (Fsp3) is 0.897. The van der Waals surface area contributed by atoms with Gasteiger partial charge in [-0.05, 0) is 232 Å². The molecule has 65 heavy (non-hydrogen) atoms. The van der Waals surface area contributed by atoms with Crippen molar-refractivity contribution in [2.45, 2.75) is 234 Å². The summed E-state index contributed by atoms with van der Waals surface area (Å²) in [5.74, 6) is 7.56. The van der Waals surface area contributed by atoms with Crippen LogP contribution in [0.1, 0.15) is 209 Å². The number of unbranched alkanes of at least 4 members (excludes halogenated alkanes) is 4. The molecule has 0 aliphatic heterocycles. The van der Waals surface area contributed by atoms with E-state index in [1.165, 1.54) is 163 Å². The number of alkyl halides is 2. The molecule has 7 heteroatoms. The number of rotatable bonds is 18. The first-order valence-corrected chi connectivity index (χ1v) is 30.8. The van der Waals surface area contributed by atoms with Gasteiger partial charge < -0.3 is 15.4 Å². The van der Waals surface area contributed by atoms with Gasteiger partial charge in [-0.25, -0.2) is 0 Å². The Morgan fingerprint density at radius 1 is 0.585 bits per heavy atom. The van der Waals surface area contributed by atoms with Gasteiger partial charge in [0.2, 0.25) is 11.8 Å². The molecule has 0 aromatic heterocycles. The van der Waals surface area contributed by atoms with E-state index in [2.05, 4.69) is 110 Å². The number of hydrogen-bond donors (Lipinski definition) is 2. The van der Waals surface area contributed by atoms with Crippen LogP contribution in [0.5, 0.6) is 0 Å². The van der Waals surface area contributed by atoms with Crippen LogP contribution in [0.4, 0.5) is 0 Å². The standard InChI is InChI=1S/C58H94I2N2O3/c1-37(61-39(3)63)47-21-23-49-45-19-17-43-35-41(25-29-55(43,5)51(45)27-31-57(47,49)7)53(15-11-9-13-33-59)65-54(16-12-10-14-34-60)42-26-30-56(6)44(36-42)18-20-46-50-24-22-48(38(2)62-40(4)64)58(50,8)32-28-52(46)56/h17-18,37-38,41-42,45-54H,9-16,19-36H2,1-8H3,(H,61,63)(H,62,64)/t37?,38?,41-,42-,45-,46-,47+,48+,49-,50-,51-,52-,53?,54?,55-,56-,57+,58+/m0/s1. The van der Waals surface area contributed by atoms with Crippen molar-refractivity contribution in [1.29, 1.82) is 0 Å². The summed E-state index contributed by atoms with van der Waals surface area (Å²) in [4.78, 5) is 24.2. The van der Waals surface area contributed by atoms with Crippen LogP contribution in [0, 0.1) is 80.8 Å². The Hall–Kier alpha value is -0.160. The van der Waals surface area contributed by atoms with Gasteiger partial charge in [-0.2, -0.15) is 0 Å². The van der Waals surface area contributed by atoms with E-state index < -0.39 is 0 Å². The zero-order valence-corrected chi connectivity index (χ0v) is 46.9. The molecular formula is C58H94I2N2O3. The number of ether oxygens (including phenoxy) is 1. The van der Waals surface area contributed by atoms with Crippen LogP contribution in [-0.2, 0) is 14.3 Å². The van der Waals surface area contributed by atoms with Gasteiger partial charge in [-0.15, -0.1) is 0 Å². The van der Waals surface area contributed by atoms with Gasteiger partial charge in [0, 0.05) is 25.9 Å². The van der Waals surface area contributed by atoms with E-state index in [0.717, 1.165) is 35.5 Å². The number of nitrogens with one attached hydrogen (secondary N) is 2. The van der Waals surface area contributed by atoms with Crippen LogP contribution in [0.2, 0.25) is 0 Å². The maximum atomic E-state index is 12.1. The topological polar surface area (TPSA) is 67.4 Å². The van der Waals surface area contributed by atoms with Crippen molar-refractivity contribution in [3.8, 4) is 0 Å². The number of hydrogen-bond acceptors (Lipinski definition) is 3. The lowest BCUT2D eigenvalue weighted by Crippen LogP contribution is -2.53. The number of carbonyl (C=O) groups excluding carboxylic acids is 2. The molecule has 4 unspecified atom stereocenters. The van der Waals surface area contributed by atoms with E-state index in [1.54, 1.807) is 13.8 Å². The number of fused-ring (bicyclic) bond motifs is 10. The molecule has 0 aromatic carbocycles. The molecule has 0 bridgehead atoms. The summed E-state index contributed by atoms with van der Waals surface area (Å²) in [5.41, 5.74) is 5.01. The van der Waals surface area contributed by atoms with Crippen molar-refractivity contribution in [3.63, 3.8) is 0 Å². The molecule has 6 saturated carbocycles. The number of allylic oxidation sites excluding steroid dienone is 4. The van der Waals surface area contributed by atoms with Gasteiger partial charge in [0.15, 0.2) is 0 Å². The first-order chi connectivity index (χ1) is 31.1. The molecule has 6 fully saturated rings. The van der Waals surface area contributed by atoms with Crippen molar-refractivity contribution >= 4 is 57.0 Å². The number of carbonyl (C=O) groups is 2. The summed E-state index contributed by atoms with van der Waals surface area (Å²) in [7, 11) is 0. The highest BCUT2D eigenvalue weighted by atomic mass is 127. The van der Waals surface area contributed by atoms with Gasteiger partial charge in [0.1, 0.15) is 0 Å². The summed E-state index contributed by atoms with van der Waals surface area (Å²) in [6.07, 6.45) is 37.9. The molecule has 0 saturated heterocycles. The molecule has 2 N–H and O–H groups in total. The van der Waals surface area contributed by atoms with Crippen LogP contribution in [0.3, 0.4) is 0 Å². The lowest BCUT2D eigenvalue weighted by atomic mass is 9.46. The molecule has 2 amide bonds. The molecule has 8 aliphatic rings. The smallest absolute Gasteiger partial charge is 0.217 e. The van der Waals surface area contributed by atoms with Crippen LogP contribution >= 0.6 is 45.2 Å². The maximum absolute atomic E-state index is 12.1. The van der Waals surface area contributed by atoms with Crippen molar-refractivity contribution in [2.24, 2.45) is 80.8 Å². The first-order valence-electron chi connectivity index (χ1n) is 27.8. The van der Waals surface area contributed by atoms with E-state index in [0.29, 0.717) is 57.5 Å². The molecule has 0 radical (unpaired) electrons. The molecular weight excluding hydrogens is 1030 g/mol. The van der Waals surface area contributed by atoms with Crippen molar-refractivity contribution in [1.82, 2.24) is 10.6 Å². The average Bonchev–Trinajstić information content (AvgIpc) is 3.81. The van der Waals surface area contributed by atoms with Crippen molar-refractivity contribution < 1.29 is 14.3 Å². The first kappa shape index (κ1) is 51.2. The Labute approximate surface area is 425 Å². The fourth-order valence-corrected chi connectivity index (χ4v) is 19.9. The Morgan fingerprint density at radius 2 is 1.00 bits per heavy atom. The number of amides is 2.